The zero-order valence-corrected chi connectivity index (χ0v) is 16.8. The van der Waals surface area contributed by atoms with E-state index in [9.17, 15) is 0 Å². The molecule has 3 aromatic rings. The highest BCUT2D eigenvalue weighted by molar-refractivity contribution is 5.70. The van der Waals surface area contributed by atoms with Crippen LogP contribution in [0.15, 0.2) is 73.1 Å². The second-order valence-electron chi connectivity index (χ2n) is 7.88. The van der Waals surface area contributed by atoms with Crippen molar-refractivity contribution in [2.24, 2.45) is 0 Å². The first-order valence-electron chi connectivity index (χ1n) is 10.3. The number of aromatic nitrogens is 1. The smallest absolute Gasteiger partial charge is 0.0476 e. The number of hydrogen-bond donors (Lipinski definition) is 1. The maximum absolute atomic E-state index is 4.46. The van der Waals surface area contributed by atoms with E-state index >= 15 is 0 Å². The number of nitrogens with zero attached hydrogens (tertiary/aromatic N) is 2. The molecule has 1 aliphatic rings. The van der Waals surface area contributed by atoms with E-state index in [0.717, 1.165) is 26.2 Å². The fraction of sp³-hybridized carbons (Fsp3) is 0.320. The van der Waals surface area contributed by atoms with Crippen LogP contribution >= 0.6 is 0 Å². The van der Waals surface area contributed by atoms with Crippen molar-refractivity contribution in [2.75, 3.05) is 19.6 Å². The van der Waals surface area contributed by atoms with Crippen molar-refractivity contribution >= 4 is 0 Å². The molecule has 0 aliphatic carbocycles. The van der Waals surface area contributed by atoms with Crippen molar-refractivity contribution in [3.05, 3.63) is 89.7 Å². The van der Waals surface area contributed by atoms with Gasteiger partial charge in [-0.25, -0.2) is 0 Å². The molecule has 0 amide bonds. The second-order valence-corrected chi connectivity index (χ2v) is 7.88. The summed E-state index contributed by atoms with van der Waals surface area (Å²) in [6.45, 7) is 8.53. The largest absolute Gasteiger partial charge is 0.314 e. The molecule has 1 unspecified atom stereocenters. The first kappa shape index (κ1) is 18.9. The van der Waals surface area contributed by atoms with Crippen molar-refractivity contribution in [1.82, 2.24) is 15.2 Å². The molecule has 1 N–H and O–H groups in total. The van der Waals surface area contributed by atoms with Crippen LogP contribution in [0.25, 0.3) is 11.1 Å². The van der Waals surface area contributed by atoms with Gasteiger partial charge in [0.05, 0.1) is 0 Å². The molecule has 1 aliphatic heterocycles. The highest BCUT2D eigenvalue weighted by Crippen LogP contribution is 2.33. The Bertz CT molecular complexity index is 904. The van der Waals surface area contributed by atoms with Crippen LogP contribution < -0.4 is 5.32 Å². The molecule has 28 heavy (non-hydrogen) atoms. The number of pyridine rings is 1. The first-order chi connectivity index (χ1) is 13.7. The summed E-state index contributed by atoms with van der Waals surface area (Å²) < 4.78 is 0. The number of rotatable bonds is 5. The Hall–Kier alpha value is -2.49. The summed E-state index contributed by atoms with van der Waals surface area (Å²) in [6, 6.07) is 22.2. The average molecular weight is 372 g/mol. The molecule has 4 rings (SSSR count). The van der Waals surface area contributed by atoms with Crippen molar-refractivity contribution in [3.8, 4) is 11.1 Å². The molecular weight excluding hydrogens is 342 g/mol. The third-order valence-electron chi connectivity index (χ3n) is 5.70. The van der Waals surface area contributed by atoms with Crippen molar-refractivity contribution < 1.29 is 0 Å². The van der Waals surface area contributed by atoms with Gasteiger partial charge in [-0.1, -0.05) is 68.4 Å². The number of benzene rings is 2. The molecule has 1 fully saturated rings. The maximum atomic E-state index is 4.46. The molecule has 0 bridgehead atoms. The van der Waals surface area contributed by atoms with Crippen molar-refractivity contribution in [2.45, 2.75) is 32.4 Å². The molecule has 144 valence electrons. The standard InChI is InChI=1S/C25H29N3/c1-19(2)22-10-6-7-11-23(22)24-16-26-13-12-21(24)18-28-15-14-27-17-25(28)20-8-4-3-5-9-20/h3-13,16,19,25,27H,14-15,17-18H2,1-2H3. The van der Waals surface area contributed by atoms with Gasteiger partial charge in [0.1, 0.15) is 0 Å². The minimum absolute atomic E-state index is 0.399. The van der Waals surface area contributed by atoms with Gasteiger partial charge >= 0.3 is 0 Å². The molecule has 1 saturated heterocycles. The molecule has 0 spiro atoms. The van der Waals surface area contributed by atoms with Crippen LogP contribution in [0.5, 0.6) is 0 Å². The average Bonchev–Trinajstić information content (AvgIpc) is 2.75. The number of nitrogens with one attached hydrogen (secondary N) is 1. The van der Waals surface area contributed by atoms with E-state index in [4.69, 9.17) is 0 Å². The molecule has 3 heteroatoms. The summed E-state index contributed by atoms with van der Waals surface area (Å²) in [4.78, 5) is 7.06. The predicted molar refractivity (Wildman–Crippen MR) is 116 cm³/mol. The van der Waals surface area contributed by atoms with Gasteiger partial charge in [-0.15, -0.1) is 0 Å². The topological polar surface area (TPSA) is 28.2 Å². The van der Waals surface area contributed by atoms with Gasteiger partial charge in [-0.2, -0.15) is 0 Å². The van der Waals surface area contributed by atoms with E-state index in [2.05, 4.69) is 89.7 Å². The molecule has 2 aromatic carbocycles. The Morgan fingerprint density at radius 3 is 2.61 bits per heavy atom. The van der Waals surface area contributed by atoms with Gasteiger partial charge in [0.2, 0.25) is 0 Å². The van der Waals surface area contributed by atoms with Gasteiger partial charge in [-0.05, 0) is 34.2 Å². The summed E-state index contributed by atoms with van der Waals surface area (Å²) in [5, 5.41) is 3.57. The molecule has 1 atom stereocenters. The van der Waals surface area contributed by atoms with E-state index in [-0.39, 0.29) is 0 Å². The SMILES string of the molecule is CC(C)c1ccccc1-c1cnccc1CN1CCNCC1c1ccccc1. The third kappa shape index (κ3) is 4.01. The van der Waals surface area contributed by atoms with Crippen LogP contribution in [0.1, 0.15) is 42.5 Å². The Balaban J connectivity index is 1.67. The second kappa shape index (κ2) is 8.68. The third-order valence-corrected chi connectivity index (χ3v) is 5.70. The minimum atomic E-state index is 0.399. The molecule has 2 heterocycles. The molecule has 3 nitrogen and oxygen atoms in total. The minimum Gasteiger partial charge on any atom is -0.314 e. The lowest BCUT2D eigenvalue weighted by Crippen LogP contribution is -2.45. The first-order valence-corrected chi connectivity index (χ1v) is 10.3. The highest BCUT2D eigenvalue weighted by Gasteiger charge is 2.24. The number of hydrogen-bond acceptors (Lipinski definition) is 3. The summed E-state index contributed by atoms with van der Waals surface area (Å²) >= 11 is 0. The lowest BCUT2D eigenvalue weighted by molar-refractivity contribution is 0.154. The monoisotopic (exact) mass is 371 g/mol. The Labute approximate surface area is 168 Å². The van der Waals surface area contributed by atoms with Gasteiger partial charge in [0.15, 0.2) is 0 Å². The van der Waals surface area contributed by atoms with Crippen LogP contribution in [-0.2, 0) is 6.54 Å². The molecule has 0 saturated carbocycles. The van der Waals surface area contributed by atoms with Crippen molar-refractivity contribution in [3.63, 3.8) is 0 Å². The van der Waals surface area contributed by atoms with E-state index in [1.54, 1.807) is 0 Å². The van der Waals surface area contributed by atoms with Gasteiger partial charge in [0, 0.05) is 50.2 Å². The fourth-order valence-electron chi connectivity index (χ4n) is 4.21. The van der Waals surface area contributed by atoms with Gasteiger partial charge in [0.25, 0.3) is 0 Å². The van der Waals surface area contributed by atoms with Crippen molar-refractivity contribution in [1.29, 1.82) is 0 Å². The Kier molecular flexibility index (Phi) is 5.84. The van der Waals surface area contributed by atoms with Crippen LogP contribution in [0, 0.1) is 0 Å². The Morgan fingerprint density at radius 2 is 1.79 bits per heavy atom. The van der Waals surface area contributed by atoms with E-state index < -0.39 is 0 Å². The summed E-state index contributed by atoms with van der Waals surface area (Å²) in [5.41, 5.74) is 6.69. The predicted octanol–water partition coefficient (Wildman–Crippen LogP) is 5.02. The normalized spacial score (nSPS) is 17.8. The van der Waals surface area contributed by atoms with Crippen LogP contribution in [-0.4, -0.2) is 29.5 Å². The van der Waals surface area contributed by atoms with E-state index in [0.29, 0.717) is 12.0 Å². The molecule has 1 aromatic heterocycles. The highest BCUT2D eigenvalue weighted by atomic mass is 15.2. The zero-order valence-electron chi connectivity index (χ0n) is 16.8. The Morgan fingerprint density at radius 1 is 1.00 bits per heavy atom. The summed E-state index contributed by atoms with van der Waals surface area (Å²) in [7, 11) is 0. The molecule has 0 radical (unpaired) electrons. The molecular formula is C25H29N3. The summed E-state index contributed by atoms with van der Waals surface area (Å²) in [5.74, 6) is 0.487. The van der Waals surface area contributed by atoms with Crippen LogP contribution in [0.2, 0.25) is 0 Å². The van der Waals surface area contributed by atoms with Crippen LogP contribution in [0.4, 0.5) is 0 Å². The lowest BCUT2D eigenvalue weighted by Gasteiger charge is -2.37. The van der Waals surface area contributed by atoms with E-state index in [1.807, 2.05) is 12.4 Å². The fourth-order valence-corrected chi connectivity index (χ4v) is 4.21. The quantitative estimate of drug-likeness (QED) is 0.683. The maximum Gasteiger partial charge on any atom is 0.0476 e. The van der Waals surface area contributed by atoms with E-state index in [1.165, 1.54) is 27.8 Å². The number of piperazine rings is 1. The van der Waals surface area contributed by atoms with Crippen LogP contribution in [0.3, 0.4) is 0 Å². The van der Waals surface area contributed by atoms with Gasteiger partial charge in [-0.3, -0.25) is 9.88 Å². The lowest BCUT2D eigenvalue weighted by atomic mass is 9.91. The summed E-state index contributed by atoms with van der Waals surface area (Å²) in [6.07, 6.45) is 3.97. The zero-order chi connectivity index (χ0) is 19.3. The van der Waals surface area contributed by atoms with Gasteiger partial charge < -0.3 is 5.32 Å².